The number of fused-ring (bicyclic) bond motifs is 5. The molecule has 4 aliphatic rings. The zero-order chi connectivity index (χ0) is 36.7. The summed E-state index contributed by atoms with van der Waals surface area (Å²) in [7, 11) is 3.08. The lowest BCUT2D eigenvalue weighted by Gasteiger charge is -2.33. The van der Waals surface area contributed by atoms with Gasteiger partial charge >= 0.3 is 10.2 Å². The second-order valence-electron chi connectivity index (χ2n) is 15.0. The highest BCUT2D eigenvalue weighted by Crippen LogP contribution is 2.47. The molecule has 3 aliphatic heterocycles. The van der Waals surface area contributed by atoms with E-state index in [1.807, 2.05) is 36.2 Å². The van der Waals surface area contributed by atoms with Crippen molar-refractivity contribution in [1.82, 2.24) is 28.3 Å². The normalized spacial score (nSPS) is 19.4. The molecule has 2 aromatic carbocycles. The summed E-state index contributed by atoms with van der Waals surface area (Å²) in [6, 6.07) is 11.4. The van der Waals surface area contributed by atoms with Crippen LogP contribution in [0.25, 0.3) is 28.2 Å². The molecule has 12 nitrogen and oxygen atoms in total. The number of nitrogens with one attached hydrogen (secondary N) is 1. The Bertz CT molecular complexity index is 2020. The molecule has 3 fully saturated rings. The Morgan fingerprint density at radius 2 is 1.60 bits per heavy atom. The van der Waals surface area contributed by atoms with Gasteiger partial charge in [-0.05, 0) is 86.2 Å². The van der Waals surface area contributed by atoms with Crippen molar-refractivity contribution in [3.63, 3.8) is 0 Å². The van der Waals surface area contributed by atoms with Crippen molar-refractivity contribution in [3.8, 4) is 17.0 Å². The van der Waals surface area contributed by atoms with E-state index in [-0.39, 0.29) is 29.8 Å². The summed E-state index contributed by atoms with van der Waals surface area (Å²) < 4.78 is 38.0. The van der Waals surface area contributed by atoms with Crippen molar-refractivity contribution < 1.29 is 27.5 Å². The number of amides is 3. The fourth-order valence-electron chi connectivity index (χ4n) is 8.48. The summed E-state index contributed by atoms with van der Waals surface area (Å²) in [5, 5.41) is 1.01. The molecule has 7 rings (SSSR count). The number of piperazine rings is 1. The predicted molar refractivity (Wildman–Crippen MR) is 201 cm³/mol. The average Bonchev–Trinajstić information content (AvgIpc) is 3.36. The predicted octanol–water partition coefficient (Wildman–Crippen LogP) is 4.31. The molecule has 3 aromatic rings. The molecule has 0 radical (unpaired) electrons. The third-order valence-electron chi connectivity index (χ3n) is 11.4. The van der Waals surface area contributed by atoms with E-state index in [0.29, 0.717) is 69.4 Å². The Morgan fingerprint density at radius 1 is 0.885 bits per heavy atom. The largest absolute Gasteiger partial charge is 0.497 e. The summed E-state index contributed by atoms with van der Waals surface area (Å²) in [6.07, 6.45) is 8.74. The van der Waals surface area contributed by atoms with Gasteiger partial charge in [-0.15, -0.1) is 0 Å². The molecule has 278 valence electrons. The molecule has 1 aromatic heterocycles. The van der Waals surface area contributed by atoms with E-state index in [1.54, 1.807) is 38.2 Å². The van der Waals surface area contributed by atoms with Crippen LogP contribution < -0.4 is 9.46 Å². The van der Waals surface area contributed by atoms with Crippen LogP contribution in [0.1, 0.15) is 72.3 Å². The Kier molecular flexibility index (Phi) is 10.2. The van der Waals surface area contributed by atoms with E-state index >= 15 is 0 Å². The number of likely N-dealkylation sites (tertiary alicyclic amines) is 1. The minimum atomic E-state index is -4.03. The Balaban J connectivity index is 1.30. The van der Waals surface area contributed by atoms with Crippen LogP contribution in [0.5, 0.6) is 5.75 Å². The summed E-state index contributed by atoms with van der Waals surface area (Å²) in [5.74, 6) is 0.216. The zero-order valence-electron chi connectivity index (χ0n) is 30.7. The van der Waals surface area contributed by atoms with Crippen LogP contribution in [-0.2, 0) is 26.3 Å². The number of hydrogen-bond donors (Lipinski definition) is 1. The maximum atomic E-state index is 14.4. The van der Waals surface area contributed by atoms with Gasteiger partial charge in [0.05, 0.1) is 19.3 Å². The second kappa shape index (κ2) is 14.7. The summed E-state index contributed by atoms with van der Waals surface area (Å²) in [4.78, 5) is 46.3. The van der Waals surface area contributed by atoms with Crippen molar-refractivity contribution in [1.29, 1.82) is 0 Å². The van der Waals surface area contributed by atoms with E-state index in [1.165, 1.54) is 16.3 Å². The van der Waals surface area contributed by atoms with Gasteiger partial charge in [-0.25, -0.2) is 4.72 Å². The Labute approximate surface area is 306 Å². The third kappa shape index (κ3) is 6.97. The molecule has 0 unspecified atom stereocenters. The lowest BCUT2D eigenvalue weighted by atomic mass is 9.81. The molecule has 1 N–H and O–H groups in total. The van der Waals surface area contributed by atoms with Crippen LogP contribution >= 0.6 is 0 Å². The average molecular weight is 731 g/mol. The molecule has 0 spiro atoms. The minimum Gasteiger partial charge on any atom is -0.497 e. The van der Waals surface area contributed by atoms with Crippen molar-refractivity contribution in [2.45, 2.75) is 57.4 Å². The number of hydrogen-bond acceptors (Lipinski definition) is 7. The maximum Gasteiger partial charge on any atom is 0.304 e. The van der Waals surface area contributed by atoms with Gasteiger partial charge in [0.2, 0.25) is 5.91 Å². The number of carbonyl (C=O) groups is 3. The molecule has 1 aliphatic carbocycles. The molecule has 0 bridgehead atoms. The quantitative estimate of drug-likeness (QED) is 0.385. The fraction of sp³-hybridized carbons (Fsp3) is 0.513. The first-order chi connectivity index (χ1) is 24.9. The van der Waals surface area contributed by atoms with Gasteiger partial charge in [0.15, 0.2) is 0 Å². The van der Waals surface area contributed by atoms with Crippen LogP contribution in [0, 0.1) is 5.92 Å². The molecule has 0 atom stereocenters. The smallest absolute Gasteiger partial charge is 0.304 e. The van der Waals surface area contributed by atoms with Crippen LogP contribution in [-0.4, -0.2) is 117 Å². The van der Waals surface area contributed by atoms with Crippen LogP contribution in [0.4, 0.5) is 0 Å². The number of methoxy groups -OCH3 is 1. The first kappa shape index (κ1) is 36.2. The fourth-order valence-corrected chi connectivity index (χ4v) is 9.60. The number of rotatable bonds is 7. The van der Waals surface area contributed by atoms with Crippen LogP contribution in [0.2, 0.25) is 0 Å². The van der Waals surface area contributed by atoms with E-state index in [9.17, 15) is 22.8 Å². The first-order valence-corrected chi connectivity index (χ1v) is 20.0. The van der Waals surface area contributed by atoms with Crippen LogP contribution in [0.3, 0.4) is 0 Å². The number of carbonyl (C=O) groups excluding carboxylic acids is 3. The van der Waals surface area contributed by atoms with Crippen molar-refractivity contribution in [2.75, 3.05) is 67.5 Å². The summed E-state index contributed by atoms with van der Waals surface area (Å²) in [5.41, 5.74) is 5.74. The Morgan fingerprint density at radius 3 is 2.27 bits per heavy atom. The summed E-state index contributed by atoms with van der Waals surface area (Å²) >= 11 is 0. The molecule has 3 amide bonds. The number of piperidine rings is 1. The minimum absolute atomic E-state index is 0.0781. The van der Waals surface area contributed by atoms with Crippen molar-refractivity contribution in [3.05, 3.63) is 58.7 Å². The van der Waals surface area contributed by atoms with Gasteiger partial charge in [-0.1, -0.05) is 25.3 Å². The molecule has 52 heavy (non-hydrogen) atoms. The van der Waals surface area contributed by atoms with Gasteiger partial charge < -0.3 is 24.0 Å². The van der Waals surface area contributed by atoms with E-state index in [0.717, 1.165) is 53.4 Å². The number of benzene rings is 2. The highest BCUT2D eigenvalue weighted by atomic mass is 32.2. The molecule has 4 heterocycles. The van der Waals surface area contributed by atoms with Crippen LogP contribution in [0.15, 0.2) is 42.0 Å². The van der Waals surface area contributed by atoms with Crippen molar-refractivity contribution >= 4 is 44.9 Å². The first-order valence-electron chi connectivity index (χ1n) is 18.5. The lowest BCUT2D eigenvalue weighted by Crippen LogP contribution is -2.52. The van der Waals surface area contributed by atoms with Gasteiger partial charge in [-0.3, -0.25) is 14.4 Å². The molecule has 1 saturated carbocycles. The standard InChI is InChI=1S/C39H50N6O6S/c1-41(2)38(47)27-14-16-43(17-15-27)39(48)30-22-29-23-31(51-4)11-13-32(29)36-35(26-8-6-5-7-9-26)33-12-10-28(24-34(33)45(36)25-30)37(46)40-52(49,50)44-20-18-42(3)19-21-44/h10-13,22-24,26-27H,5-9,14-21,25H2,1-4H3,(H,40,46). The van der Waals surface area contributed by atoms with Gasteiger partial charge in [0.25, 0.3) is 11.8 Å². The monoisotopic (exact) mass is 730 g/mol. The van der Waals surface area contributed by atoms with E-state index < -0.39 is 16.1 Å². The Hall–Kier alpha value is -4.20. The number of aromatic nitrogens is 1. The van der Waals surface area contributed by atoms with E-state index in [2.05, 4.69) is 20.3 Å². The SMILES string of the molecule is COc1ccc2c(c1)C=C(C(=O)N1CCC(C(=O)N(C)C)CC1)Cn1c-2c(C2CCCCC2)c2ccc(C(=O)NS(=O)(=O)N3CCN(C)CC3)cc21. The highest BCUT2D eigenvalue weighted by Gasteiger charge is 2.34. The molecular weight excluding hydrogens is 681 g/mol. The molecule has 2 saturated heterocycles. The zero-order valence-corrected chi connectivity index (χ0v) is 31.5. The lowest BCUT2D eigenvalue weighted by molar-refractivity contribution is -0.137. The van der Waals surface area contributed by atoms with Gasteiger partial charge in [0, 0.05) is 86.9 Å². The topological polar surface area (TPSA) is 124 Å². The molecular formula is C39H50N6O6S. The number of ether oxygens (including phenoxy) is 1. The third-order valence-corrected chi connectivity index (χ3v) is 12.9. The maximum absolute atomic E-state index is 14.4. The highest BCUT2D eigenvalue weighted by molar-refractivity contribution is 7.87. The number of nitrogens with zero attached hydrogens (tertiary/aromatic N) is 5. The summed E-state index contributed by atoms with van der Waals surface area (Å²) in [6.45, 7) is 3.06. The van der Waals surface area contributed by atoms with E-state index in [4.69, 9.17) is 4.74 Å². The van der Waals surface area contributed by atoms with Gasteiger partial charge in [-0.2, -0.15) is 12.7 Å². The van der Waals surface area contributed by atoms with Crippen molar-refractivity contribution in [2.24, 2.45) is 5.92 Å². The van der Waals surface area contributed by atoms with Gasteiger partial charge in [0.1, 0.15) is 5.75 Å². The number of likely N-dealkylation sites (N-methyl/N-ethyl adjacent to an activating group) is 1. The second-order valence-corrected chi connectivity index (χ2v) is 16.6. The molecule has 13 heteroatoms.